The van der Waals surface area contributed by atoms with Crippen LogP contribution in [0.1, 0.15) is 19.9 Å². The van der Waals surface area contributed by atoms with E-state index in [2.05, 4.69) is 15.4 Å². The van der Waals surface area contributed by atoms with Gasteiger partial charge in [0.05, 0.1) is 17.3 Å². The molecule has 0 saturated heterocycles. The van der Waals surface area contributed by atoms with Crippen molar-refractivity contribution in [2.45, 2.75) is 19.9 Å². The predicted molar refractivity (Wildman–Crippen MR) is 110 cm³/mol. The Labute approximate surface area is 175 Å². The molecule has 2 aromatic heterocycles. The van der Waals surface area contributed by atoms with E-state index < -0.39 is 17.8 Å². The Balaban J connectivity index is 2.15. The molecule has 1 amide bonds. The van der Waals surface area contributed by atoms with Crippen molar-refractivity contribution in [3.8, 4) is 11.3 Å². The number of nitrogens with one attached hydrogen (secondary N) is 1. The average Bonchev–Trinajstić information content (AvgIpc) is 3.05. The van der Waals surface area contributed by atoms with Crippen molar-refractivity contribution < 1.29 is 13.6 Å². The van der Waals surface area contributed by atoms with Gasteiger partial charge in [0.25, 0.3) is 0 Å². The summed E-state index contributed by atoms with van der Waals surface area (Å²) < 4.78 is 28.9. The highest BCUT2D eigenvalue weighted by Gasteiger charge is 2.19. The van der Waals surface area contributed by atoms with Crippen molar-refractivity contribution >= 4 is 40.5 Å². The molecule has 1 atom stereocenters. The van der Waals surface area contributed by atoms with Crippen molar-refractivity contribution in [3.63, 3.8) is 0 Å². The Bertz CT molecular complexity index is 1140. The van der Waals surface area contributed by atoms with Crippen LogP contribution in [0.5, 0.6) is 0 Å². The summed E-state index contributed by atoms with van der Waals surface area (Å²) in [5.74, 6) is -1.22. The van der Waals surface area contributed by atoms with E-state index in [1.54, 1.807) is 35.9 Å². The first kappa shape index (κ1) is 21.0. The minimum absolute atomic E-state index is 0.0483. The number of allylic oxidation sites excluding steroid dienone is 3. The zero-order chi connectivity index (χ0) is 21.1. The summed E-state index contributed by atoms with van der Waals surface area (Å²) in [5.41, 5.74) is 1.68. The van der Waals surface area contributed by atoms with E-state index in [0.717, 1.165) is 0 Å². The largest absolute Gasteiger partial charge is 0.326 e. The standard InChI is InChI=1S/C20H16Cl2F2N4O/c1-11(23)17(26-10-29)9-16(22)12(2)28-18-4-3-14(21)8-15(18)20(27-28)13-5-6-25-19(24)7-13/h3-10,12H,1-2H3,(H,26,29)/b16-9+,17-11-. The Morgan fingerprint density at radius 1 is 1.31 bits per heavy atom. The normalized spacial score (nSPS) is 13.9. The van der Waals surface area contributed by atoms with Crippen LogP contribution in [0.4, 0.5) is 8.78 Å². The van der Waals surface area contributed by atoms with E-state index in [0.29, 0.717) is 33.6 Å². The van der Waals surface area contributed by atoms with Crippen LogP contribution < -0.4 is 5.32 Å². The third-order valence-corrected chi connectivity index (χ3v) is 4.96. The van der Waals surface area contributed by atoms with Gasteiger partial charge in [-0.15, -0.1) is 0 Å². The first-order valence-electron chi connectivity index (χ1n) is 8.55. The summed E-state index contributed by atoms with van der Waals surface area (Å²) in [6, 6.07) is 7.60. The van der Waals surface area contributed by atoms with E-state index in [1.807, 2.05) is 0 Å². The maximum absolute atomic E-state index is 13.6. The molecular formula is C20H16Cl2F2N4O. The van der Waals surface area contributed by atoms with Gasteiger partial charge in [-0.25, -0.2) is 9.37 Å². The lowest BCUT2D eigenvalue weighted by Gasteiger charge is -2.14. The number of rotatable bonds is 6. The highest BCUT2D eigenvalue weighted by molar-refractivity contribution is 6.31. The molecule has 0 spiro atoms. The molecular weight excluding hydrogens is 421 g/mol. The highest BCUT2D eigenvalue weighted by Crippen LogP contribution is 2.34. The third kappa shape index (κ3) is 4.46. The fraction of sp³-hybridized carbons (Fsp3) is 0.150. The number of halogens is 4. The van der Waals surface area contributed by atoms with Gasteiger partial charge >= 0.3 is 0 Å². The van der Waals surface area contributed by atoms with Crippen LogP contribution in [0, 0.1) is 5.95 Å². The van der Waals surface area contributed by atoms with Crippen LogP contribution in [0.2, 0.25) is 5.02 Å². The zero-order valence-corrected chi connectivity index (χ0v) is 17.0. The van der Waals surface area contributed by atoms with E-state index in [1.165, 1.54) is 25.3 Å². The molecule has 0 saturated carbocycles. The molecule has 0 radical (unpaired) electrons. The van der Waals surface area contributed by atoms with Gasteiger partial charge in [0.15, 0.2) is 0 Å². The summed E-state index contributed by atoms with van der Waals surface area (Å²) in [5, 5.41) is 8.30. The molecule has 9 heteroatoms. The Kier molecular flexibility index (Phi) is 6.30. The Morgan fingerprint density at radius 3 is 2.72 bits per heavy atom. The quantitative estimate of drug-likeness (QED) is 0.314. The second kappa shape index (κ2) is 8.71. The predicted octanol–water partition coefficient (Wildman–Crippen LogP) is 5.52. The monoisotopic (exact) mass is 436 g/mol. The van der Waals surface area contributed by atoms with E-state index in [4.69, 9.17) is 23.2 Å². The molecule has 0 bridgehead atoms. The second-order valence-electron chi connectivity index (χ2n) is 6.24. The fourth-order valence-electron chi connectivity index (χ4n) is 2.85. The molecule has 1 N–H and O–H groups in total. The highest BCUT2D eigenvalue weighted by atomic mass is 35.5. The Morgan fingerprint density at radius 2 is 2.07 bits per heavy atom. The first-order chi connectivity index (χ1) is 13.8. The lowest BCUT2D eigenvalue weighted by atomic mass is 10.1. The lowest BCUT2D eigenvalue weighted by molar-refractivity contribution is -0.108. The van der Waals surface area contributed by atoms with Gasteiger partial charge in [0.1, 0.15) is 11.5 Å². The number of carbonyl (C=O) groups is 1. The fourth-order valence-corrected chi connectivity index (χ4v) is 3.22. The molecule has 3 aromatic rings. The van der Waals surface area contributed by atoms with Crippen LogP contribution in [0.15, 0.2) is 59.2 Å². The third-order valence-electron chi connectivity index (χ3n) is 4.30. The van der Waals surface area contributed by atoms with Crippen LogP contribution in [0.3, 0.4) is 0 Å². The van der Waals surface area contributed by atoms with Crippen molar-refractivity contribution in [1.82, 2.24) is 20.1 Å². The maximum Gasteiger partial charge on any atom is 0.213 e. The van der Waals surface area contributed by atoms with E-state index in [-0.39, 0.29) is 10.7 Å². The van der Waals surface area contributed by atoms with E-state index in [9.17, 15) is 13.6 Å². The van der Waals surface area contributed by atoms with Crippen molar-refractivity contribution in [1.29, 1.82) is 0 Å². The molecule has 150 valence electrons. The summed E-state index contributed by atoms with van der Waals surface area (Å²) >= 11 is 12.5. The summed E-state index contributed by atoms with van der Waals surface area (Å²) in [6.45, 7) is 2.97. The summed E-state index contributed by atoms with van der Waals surface area (Å²) in [4.78, 5) is 14.3. The number of pyridine rings is 1. The van der Waals surface area contributed by atoms with Gasteiger partial charge < -0.3 is 5.32 Å². The number of hydrogen-bond donors (Lipinski definition) is 1. The average molecular weight is 437 g/mol. The minimum Gasteiger partial charge on any atom is -0.326 e. The SMILES string of the molecule is C/C(F)=C(\C=C(\Cl)C(C)n1nc(-c2ccnc(F)c2)c2cc(Cl)ccc21)NC=O. The van der Waals surface area contributed by atoms with E-state index >= 15 is 0 Å². The van der Waals surface area contributed by atoms with Crippen LogP contribution >= 0.6 is 23.2 Å². The number of benzene rings is 1. The second-order valence-corrected chi connectivity index (χ2v) is 7.11. The Hall–Kier alpha value is -2.77. The number of hydrogen-bond acceptors (Lipinski definition) is 3. The summed E-state index contributed by atoms with van der Waals surface area (Å²) in [7, 11) is 0. The van der Waals surface area contributed by atoms with Crippen LogP contribution in [0.25, 0.3) is 22.2 Å². The molecule has 29 heavy (non-hydrogen) atoms. The van der Waals surface area contributed by atoms with Crippen molar-refractivity contribution in [2.75, 3.05) is 0 Å². The van der Waals surface area contributed by atoms with Crippen molar-refractivity contribution in [2.24, 2.45) is 0 Å². The maximum atomic E-state index is 13.6. The number of fused-ring (bicyclic) bond motifs is 1. The molecule has 2 heterocycles. The lowest BCUT2D eigenvalue weighted by Crippen LogP contribution is -2.12. The van der Waals surface area contributed by atoms with Crippen LogP contribution in [-0.2, 0) is 4.79 Å². The zero-order valence-electron chi connectivity index (χ0n) is 15.5. The van der Waals surface area contributed by atoms with Gasteiger partial charge in [-0.3, -0.25) is 9.48 Å². The van der Waals surface area contributed by atoms with Gasteiger partial charge in [-0.1, -0.05) is 23.2 Å². The molecule has 0 aliphatic heterocycles. The number of carbonyl (C=O) groups excluding carboxylic acids is 1. The number of aromatic nitrogens is 3. The minimum atomic E-state index is -0.633. The summed E-state index contributed by atoms with van der Waals surface area (Å²) in [6.07, 6.45) is 3.04. The molecule has 0 aliphatic carbocycles. The van der Waals surface area contributed by atoms with Gasteiger partial charge in [0.2, 0.25) is 12.4 Å². The van der Waals surface area contributed by atoms with Gasteiger partial charge in [-0.2, -0.15) is 9.49 Å². The molecule has 1 aromatic carbocycles. The number of nitrogens with zero attached hydrogens (tertiary/aromatic N) is 3. The molecule has 0 fully saturated rings. The molecule has 5 nitrogen and oxygen atoms in total. The molecule has 3 rings (SSSR count). The first-order valence-corrected chi connectivity index (χ1v) is 9.30. The van der Waals surface area contributed by atoms with Crippen molar-refractivity contribution in [3.05, 3.63) is 70.1 Å². The smallest absolute Gasteiger partial charge is 0.213 e. The molecule has 0 aliphatic rings. The topological polar surface area (TPSA) is 59.8 Å². The van der Waals surface area contributed by atoms with Gasteiger partial charge in [-0.05, 0) is 44.2 Å². The van der Waals surface area contributed by atoms with Gasteiger partial charge in [0, 0.05) is 33.3 Å². The molecule has 1 unspecified atom stereocenters. The number of amides is 1. The van der Waals surface area contributed by atoms with Crippen LogP contribution in [-0.4, -0.2) is 21.2 Å².